The lowest BCUT2D eigenvalue weighted by molar-refractivity contribution is -0.239. The molecule has 4 rings (SSSR count). The zero-order valence-corrected chi connectivity index (χ0v) is 19.9. The van der Waals surface area contributed by atoms with Crippen LogP contribution in [0.1, 0.15) is 79.7 Å². The van der Waals surface area contributed by atoms with Crippen LogP contribution in [0.5, 0.6) is 0 Å². The van der Waals surface area contributed by atoms with Gasteiger partial charge in [0.25, 0.3) is 0 Å². The Bertz CT molecular complexity index is 842. The molecule has 1 aromatic rings. The summed E-state index contributed by atoms with van der Waals surface area (Å²) in [5, 5.41) is 14.4. The molecular weight excluding hydrogens is 393 g/mol. The van der Waals surface area contributed by atoms with E-state index in [0.717, 1.165) is 23.9 Å². The Labute approximate surface area is 186 Å². The van der Waals surface area contributed by atoms with E-state index in [-0.39, 0.29) is 5.92 Å². The topological polar surface area (TPSA) is 77.0 Å². The summed E-state index contributed by atoms with van der Waals surface area (Å²) in [5.41, 5.74) is -1.56. The van der Waals surface area contributed by atoms with E-state index in [1.807, 2.05) is 72.7 Å². The number of ether oxygens (including phenoxy) is 1. The monoisotopic (exact) mass is 429 g/mol. The van der Waals surface area contributed by atoms with Crippen LogP contribution in [0.25, 0.3) is 0 Å². The van der Waals surface area contributed by atoms with E-state index < -0.39 is 41.2 Å². The molecule has 1 aromatic carbocycles. The standard InChI is InChI=1S/C24H36BNO5/c1-20(2,3)26-19(27)29-24(15-14-23(24,28)16-8-9-16)17-10-12-18(13-11-17)25-30-21(4,5)22(6,7)31-25/h10-13,16,28H,8-9,14-15H2,1-7H3,(H,26,27)/t23-,24-/m0/s1. The molecule has 1 aliphatic heterocycles. The van der Waals surface area contributed by atoms with Gasteiger partial charge in [-0.3, -0.25) is 0 Å². The minimum atomic E-state index is -1.03. The fraction of sp³-hybridized carbons (Fsp3) is 0.708. The molecule has 2 N–H and O–H groups in total. The predicted molar refractivity (Wildman–Crippen MR) is 120 cm³/mol. The van der Waals surface area contributed by atoms with E-state index in [9.17, 15) is 9.90 Å². The molecule has 2 saturated carbocycles. The van der Waals surface area contributed by atoms with Crippen LogP contribution in [-0.2, 0) is 19.6 Å². The van der Waals surface area contributed by atoms with Crippen LogP contribution in [-0.4, -0.2) is 40.7 Å². The van der Waals surface area contributed by atoms with Gasteiger partial charge in [-0.1, -0.05) is 24.3 Å². The first-order valence-electron chi connectivity index (χ1n) is 11.4. The van der Waals surface area contributed by atoms with Gasteiger partial charge in [0.05, 0.1) is 11.2 Å². The fourth-order valence-corrected chi connectivity index (χ4v) is 4.67. The molecule has 0 aromatic heterocycles. The van der Waals surface area contributed by atoms with Gasteiger partial charge in [0, 0.05) is 5.54 Å². The number of nitrogens with one attached hydrogen (secondary N) is 1. The number of rotatable bonds is 4. The molecule has 31 heavy (non-hydrogen) atoms. The molecule has 1 saturated heterocycles. The summed E-state index contributed by atoms with van der Waals surface area (Å²) < 4.78 is 18.3. The van der Waals surface area contributed by atoms with E-state index in [1.165, 1.54) is 0 Å². The van der Waals surface area contributed by atoms with Crippen LogP contribution in [0.4, 0.5) is 4.79 Å². The van der Waals surface area contributed by atoms with Crippen molar-refractivity contribution >= 4 is 18.7 Å². The van der Waals surface area contributed by atoms with Crippen LogP contribution in [0.3, 0.4) is 0 Å². The Morgan fingerprint density at radius 3 is 2.03 bits per heavy atom. The van der Waals surface area contributed by atoms with Crippen molar-refractivity contribution in [3.63, 3.8) is 0 Å². The van der Waals surface area contributed by atoms with Crippen molar-refractivity contribution in [3.05, 3.63) is 29.8 Å². The van der Waals surface area contributed by atoms with Crippen molar-refractivity contribution in [2.24, 2.45) is 5.92 Å². The minimum absolute atomic E-state index is 0.173. The van der Waals surface area contributed by atoms with Crippen molar-refractivity contribution in [1.82, 2.24) is 5.32 Å². The summed E-state index contributed by atoms with van der Waals surface area (Å²) in [7, 11) is -0.455. The molecule has 0 radical (unpaired) electrons. The summed E-state index contributed by atoms with van der Waals surface area (Å²) in [6, 6.07) is 7.79. The van der Waals surface area contributed by atoms with Gasteiger partial charge in [-0.2, -0.15) is 0 Å². The van der Waals surface area contributed by atoms with Crippen molar-refractivity contribution in [2.75, 3.05) is 0 Å². The van der Waals surface area contributed by atoms with Gasteiger partial charge in [-0.15, -0.1) is 0 Å². The predicted octanol–water partition coefficient (Wildman–Crippen LogP) is 3.64. The van der Waals surface area contributed by atoms with Gasteiger partial charge >= 0.3 is 13.2 Å². The third-order valence-corrected chi connectivity index (χ3v) is 7.46. The van der Waals surface area contributed by atoms with Crippen LogP contribution >= 0.6 is 0 Å². The fourth-order valence-electron chi connectivity index (χ4n) is 4.67. The maximum Gasteiger partial charge on any atom is 0.494 e. The highest BCUT2D eigenvalue weighted by atomic mass is 16.7. The van der Waals surface area contributed by atoms with E-state index >= 15 is 0 Å². The molecule has 2 aliphatic carbocycles. The van der Waals surface area contributed by atoms with Crippen molar-refractivity contribution < 1.29 is 23.9 Å². The Balaban J connectivity index is 1.61. The third-order valence-electron chi connectivity index (χ3n) is 7.46. The molecule has 0 unspecified atom stereocenters. The van der Waals surface area contributed by atoms with Gasteiger partial charge in [0.1, 0.15) is 5.60 Å². The molecule has 3 fully saturated rings. The molecule has 1 heterocycles. The molecule has 0 bridgehead atoms. The number of carbonyl (C=O) groups is 1. The number of alkyl carbamates (subject to hydrolysis) is 1. The van der Waals surface area contributed by atoms with Crippen LogP contribution < -0.4 is 10.8 Å². The number of benzene rings is 1. The number of aliphatic hydroxyl groups is 1. The lowest BCUT2D eigenvalue weighted by atomic mass is 9.59. The molecular formula is C24H36BNO5. The lowest BCUT2D eigenvalue weighted by Gasteiger charge is -2.55. The Morgan fingerprint density at radius 1 is 1.06 bits per heavy atom. The average Bonchev–Trinajstić information content (AvgIpc) is 3.44. The average molecular weight is 429 g/mol. The lowest BCUT2D eigenvalue weighted by Crippen LogP contribution is -2.65. The maximum atomic E-state index is 12.7. The largest absolute Gasteiger partial charge is 0.494 e. The van der Waals surface area contributed by atoms with E-state index in [0.29, 0.717) is 12.8 Å². The first-order chi connectivity index (χ1) is 14.2. The van der Waals surface area contributed by atoms with Gasteiger partial charge in [-0.25, -0.2) is 4.79 Å². The quantitative estimate of drug-likeness (QED) is 0.715. The molecule has 7 heteroatoms. The van der Waals surface area contributed by atoms with E-state index in [4.69, 9.17) is 14.0 Å². The Hall–Kier alpha value is -1.57. The van der Waals surface area contributed by atoms with Gasteiger partial charge in [0.15, 0.2) is 5.60 Å². The van der Waals surface area contributed by atoms with Gasteiger partial charge in [-0.05, 0) is 91.1 Å². The second-order valence-electron chi connectivity index (χ2n) is 11.5. The summed E-state index contributed by atoms with van der Waals surface area (Å²) >= 11 is 0. The van der Waals surface area contributed by atoms with Crippen molar-refractivity contribution in [2.45, 2.75) is 102 Å². The minimum Gasteiger partial charge on any atom is -0.435 e. The second-order valence-corrected chi connectivity index (χ2v) is 11.5. The normalized spacial score (nSPS) is 31.8. The van der Waals surface area contributed by atoms with Crippen molar-refractivity contribution in [3.8, 4) is 0 Å². The maximum absolute atomic E-state index is 12.7. The summed E-state index contributed by atoms with van der Waals surface area (Å²) in [4.78, 5) is 12.7. The highest BCUT2D eigenvalue weighted by Crippen LogP contribution is 2.62. The van der Waals surface area contributed by atoms with Crippen LogP contribution in [0, 0.1) is 5.92 Å². The van der Waals surface area contributed by atoms with Gasteiger partial charge < -0.3 is 24.5 Å². The van der Waals surface area contributed by atoms with Crippen molar-refractivity contribution in [1.29, 1.82) is 0 Å². The molecule has 6 nitrogen and oxygen atoms in total. The summed E-state index contributed by atoms with van der Waals surface area (Å²) in [5.74, 6) is 0.173. The van der Waals surface area contributed by atoms with Crippen LogP contribution in [0.2, 0.25) is 0 Å². The molecule has 1 amide bonds. The Kier molecular flexibility index (Phi) is 5.08. The Morgan fingerprint density at radius 2 is 1.61 bits per heavy atom. The van der Waals surface area contributed by atoms with Crippen LogP contribution in [0.15, 0.2) is 24.3 Å². The summed E-state index contributed by atoms with van der Waals surface area (Å²) in [6.45, 7) is 13.9. The zero-order chi connectivity index (χ0) is 22.9. The number of carbonyl (C=O) groups excluding carboxylic acids is 1. The number of amides is 1. The number of hydrogen-bond acceptors (Lipinski definition) is 5. The highest BCUT2D eigenvalue weighted by molar-refractivity contribution is 6.62. The first-order valence-corrected chi connectivity index (χ1v) is 11.4. The smallest absolute Gasteiger partial charge is 0.435 e. The number of hydrogen-bond donors (Lipinski definition) is 2. The zero-order valence-electron chi connectivity index (χ0n) is 19.9. The van der Waals surface area contributed by atoms with Gasteiger partial charge in [0.2, 0.25) is 0 Å². The highest BCUT2D eigenvalue weighted by Gasteiger charge is 2.68. The molecule has 0 spiro atoms. The second kappa shape index (κ2) is 6.96. The van der Waals surface area contributed by atoms with E-state index in [1.54, 1.807) is 0 Å². The molecule has 3 aliphatic rings. The molecule has 2 atom stereocenters. The SMILES string of the molecule is CC(C)(C)NC(=O)O[C@]1(c2ccc(B3OC(C)(C)C(C)(C)O3)cc2)CC[C@]1(O)C1CC1. The summed E-state index contributed by atoms with van der Waals surface area (Å²) in [6.07, 6.45) is 2.68. The first kappa shape index (κ1) is 22.6. The van der Waals surface area contributed by atoms with E-state index in [2.05, 4.69) is 5.32 Å². The third kappa shape index (κ3) is 3.79. The molecule has 170 valence electrons.